The van der Waals surface area contributed by atoms with Crippen LogP contribution < -0.4 is 9.80 Å². The van der Waals surface area contributed by atoms with Crippen molar-refractivity contribution in [2.75, 3.05) is 23.9 Å². The number of halogens is 2. The molecule has 0 saturated carbocycles. The molecule has 5 heteroatoms. The highest BCUT2D eigenvalue weighted by Gasteiger charge is 2.17. The predicted octanol–water partition coefficient (Wildman–Crippen LogP) is 4.90. The van der Waals surface area contributed by atoms with E-state index in [4.69, 9.17) is 0 Å². The van der Waals surface area contributed by atoms with Crippen molar-refractivity contribution in [3.05, 3.63) is 57.5 Å². The number of urea groups is 1. The van der Waals surface area contributed by atoms with Gasteiger partial charge in [-0.15, -0.1) is 0 Å². The van der Waals surface area contributed by atoms with Crippen LogP contribution in [0.5, 0.6) is 0 Å². The maximum Gasteiger partial charge on any atom is 0.328 e. The zero-order valence-corrected chi connectivity index (χ0v) is 14.3. The molecule has 0 aliphatic heterocycles. The third-order valence-electron chi connectivity index (χ3n) is 3.00. The van der Waals surface area contributed by atoms with Gasteiger partial charge in [-0.1, -0.05) is 31.9 Å². The van der Waals surface area contributed by atoms with Gasteiger partial charge in [-0.05, 0) is 48.5 Å². The normalized spacial score (nSPS) is 10.2. The first-order valence-electron chi connectivity index (χ1n) is 6.01. The van der Waals surface area contributed by atoms with Crippen molar-refractivity contribution in [3.63, 3.8) is 0 Å². The molecule has 3 nitrogen and oxygen atoms in total. The minimum atomic E-state index is -0.0883. The summed E-state index contributed by atoms with van der Waals surface area (Å²) < 4.78 is 1.98. The minimum absolute atomic E-state index is 0.0883. The topological polar surface area (TPSA) is 23.6 Å². The van der Waals surface area contributed by atoms with E-state index in [0.29, 0.717) is 0 Å². The Morgan fingerprint density at radius 1 is 0.750 bits per heavy atom. The van der Waals surface area contributed by atoms with Gasteiger partial charge in [-0.3, -0.25) is 9.80 Å². The third-order valence-corrected chi connectivity index (χ3v) is 4.06. The molecular formula is C15H14Br2N2O. The van der Waals surface area contributed by atoms with Crippen LogP contribution in [0.1, 0.15) is 0 Å². The summed E-state index contributed by atoms with van der Waals surface area (Å²) in [6.45, 7) is 0. The summed E-state index contributed by atoms with van der Waals surface area (Å²) in [5.41, 5.74) is 1.70. The fourth-order valence-electron chi connectivity index (χ4n) is 1.78. The van der Waals surface area contributed by atoms with E-state index in [2.05, 4.69) is 31.9 Å². The van der Waals surface area contributed by atoms with E-state index in [-0.39, 0.29) is 6.03 Å². The summed E-state index contributed by atoms with van der Waals surface area (Å²) in [5, 5.41) is 0. The van der Waals surface area contributed by atoms with E-state index in [9.17, 15) is 4.79 Å². The Hall–Kier alpha value is -1.33. The highest BCUT2D eigenvalue weighted by molar-refractivity contribution is 9.10. The lowest BCUT2D eigenvalue weighted by Crippen LogP contribution is -2.38. The lowest BCUT2D eigenvalue weighted by atomic mass is 10.3. The number of rotatable bonds is 2. The van der Waals surface area contributed by atoms with Gasteiger partial charge in [-0.2, -0.15) is 0 Å². The van der Waals surface area contributed by atoms with E-state index in [1.807, 2.05) is 48.5 Å². The van der Waals surface area contributed by atoms with Gasteiger partial charge >= 0.3 is 6.03 Å². The molecule has 20 heavy (non-hydrogen) atoms. The first-order chi connectivity index (χ1) is 9.49. The second-order valence-electron chi connectivity index (χ2n) is 4.35. The quantitative estimate of drug-likeness (QED) is 0.706. The van der Waals surface area contributed by atoms with Crippen LogP contribution in [0, 0.1) is 0 Å². The van der Waals surface area contributed by atoms with Gasteiger partial charge in [0.1, 0.15) is 0 Å². The summed E-state index contributed by atoms with van der Waals surface area (Å²) in [7, 11) is 3.53. The second kappa shape index (κ2) is 6.41. The molecule has 104 valence electrons. The Kier molecular flexibility index (Phi) is 4.83. The average molecular weight is 398 g/mol. The number of hydrogen-bond donors (Lipinski definition) is 0. The van der Waals surface area contributed by atoms with Gasteiger partial charge in [-0.25, -0.2) is 4.79 Å². The SMILES string of the molecule is CN(C(=O)N(C)c1ccc(Br)cc1)c1ccc(Br)cc1. The van der Waals surface area contributed by atoms with Crippen molar-refractivity contribution in [1.82, 2.24) is 0 Å². The van der Waals surface area contributed by atoms with E-state index in [0.717, 1.165) is 20.3 Å². The Morgan fingerprint density at radius 3 is 1.35 bits per heavy atom. The summed E-state index contributed by atoms with van der Waals surface area (Å²) >= 11 is 6.77. The molecule has 0 radical (unpaired) electrons. The molecule has 0 heterocycles. The van der Waals surface area contributed by atoms with Crippen LogP contribution in [0.15, 0.2) is 57.5 Å². The summed E-state index contributed by atoms with van der Waals surface area (Å²) in [5.74, 6) is 0. The van der Waals surface area contributed by atoms with Crippen LogP contribution in [0.3, 0.4) is 0 Å². The van der Waals surface area contributed by atoms with Gasteiger partial charge in [0.05, 0.1) is 0 Å². The van der Waals surface area contributed by atoms with Crippen molar-refractivity contribution in [3.8, 4) is 0 Å². The highest BCUT2D eigenvalue weighted by Crippen LogP contribution is 2.21. The Bertz CT molecular complexity index is 543. The van der Waals surface area contributed by atoms with Gasteiger partial charge < -0.3 is 0 Å². The van der Waals surface area contributed by atoms with Crippen molar-refractivity contribution >= 4 is 49.3 Å². The largest absolute Gasteiger partial charge is 0.328 e. The number of benzene rings is 2. The van der Waals surface area contributed by atoms with Crippen LogP contribution in [0.25, 0.3) is 0 Å². The average Bonchev–Trinajstić information content (AvgIpc) is 2.46. The van der Waals surface area contributed by atoms with Crippen LogP contribution >= 0.6 is 31.9 Å². The summed E-state index contributed by atoms with van der Waals surface area (Å²) in [6.07, 6.45) is 0. The molecule has 0 unspecified atom stereocenters. The van der Waals surface area contributed by atoms with E-state index >= 15 is 0 Å². The Morgan fingerprint density at radius 2 is 1.05 bits per heavy atom. The maximum atomic E-state index is 12.4. The number of carbonyl (C=O) groups is 1. The van der Waals surface area contributed by atoms with Crippen molar-refractivity contribution in [2.45, 2.75) is 0 Å². The first-order valence-corrected chi connectivity index (χ1v) is 7.60. The van der Waals surface area contributed by atoms with Gasteiger partial charge in [0, 0.05) is 34.4 Å². The molecule has 0 bridgehead atoms. The molecule has 2 amide bonds. The molecule has 0 N–H and O–H groups in total. The van der Waals surface area contributed by atoms with Crippen LogP contribution in [-0.2, 0) is 0 Å². The fourth-order valence-corrected chi connectivity index (χ4v) is 2.30. The molecular weight excluding hydrogens is 384 g/mol. The van der Waals surface area contributed by atoms with Crippen molar-refractivity contribution < 1.29 is 4.79 Å². The molecule has 0 atom stereocenters. The second-order valence-corrected chi connectivity index (χ2v) is 6.18. The fraction of sp³-hybridized carbons (Fsp3) is 0.133. The maximum absolute atomic E-state index is 12.4. The third kappa shape index (κ3) is 3.41. The number of nitrogens with zero attached hydrogens (tertiary/aromatic N) is 2. The molecule has 0 aliphatic rings. The molecule has 0 aromatic heterocycles. The van der Waals surface area contributed by atoms with E-state index in [1.165, 1.54) is 0 Å². The predicted molar refractivity (Wildman–Crippen MR) is 90.5 cm³/mol. The Balaban J connectivity index is 2.17. The molecule has 0 aliphatic carbocycles. The number of anilines is 2. The van der Waals surface area contributed by atoms with Crippen LogP contribution in [0.2, 0.25) is 0 Å². The molecule has 0 fully saturated rings. The van der Waals surface area contributed by atoms with E-state index < -0.39 is 0 Å². The molecule has 0 saturated heterocycles. The minimum Gasteiger partial charge on any atom is -0.297 e. The number of amides is 2. The van der Waals surface area contributed by atoms with Gasteiger partial charge in [0.25, 0.3) is 0 Å². The van der Waals surface area contributed by atoms with Crippen molar-refractivity contribution in [1.29, 1.82) is 0 Å². The lowest BCUT2D eigenvalue weighted by Gasteiger charge is -2.25. The zero-order chi connectivity index (χ0) is 14.7. The first kappa shape index (κ1) is 15.1. The molecule has 2 aromatic rings. The smallest absolute Gasteiger partial charge is 0.297 e. The van der Waals surface area contributed by atoms with Crippen LogP contribution in [-0.4, -0.2) is 20.1 Å². The Labute approximate surface area is 135 Å². The number of hydrogen-bond acceptors (Lipinski definition) is 1. The van der Waals surface area contributed by atoms with Crippen LogP contribution in [0.4, 0.5) is 16.2 Å². The van der Waals surface area contributed by atoms with Gasteiger partial charge in [0.2, 0.25) is 0 Å². The summed E-state index contributed by atoms with van der Waals surface area (Å²) in [6, 6.07) is 15.2. The van der Waals surface area contributed by atoms with E-state index in [1.54, 1.807) is 23.9 Å². The molecule has 2 rings (SSSR count). The number of carbonyl (C=O) groups excluding carboxylic acids is 1. The molecule has 2 aromatic carbocycles. The lowest BCUT2D eigenvalue weighted by molar-refractivity contribution is 0.253. The van der Waals surface area contributed by atoms with Gasteiger partial charge in [0.15, 0.2) is 0 Å². The monoisotopic (exact) mass is 396 g/mol. The summed E-state index contributed by atoms with van der Waals surface area (Å²) in [4.78, 5) is 15.7. The standard InChI is InChI=1S/C15H14Br2N2O/c1-18(13-7-3-11(16)4-8-13)15(20)19(2)14-9-5-12(17)6-10-14/h3-10H,1-2H3. The highest BCUT2D eigenvalue weighted by atomic mass is 79.9. The van der Waals surface area contributed by atoms with Crippen molar-refractivity contribution in [2.24, 2.45) is 0 Å². The zero-order valence-electron chi connectivity index (χ0n) is 11.2. The molecule has 0 spiro atoms.